The van der Waals surface area contributed by atoms with Crippen molar-refractivity contribution in [1.29, 1.82) is 0 Å². The third kappa shape index (κ3) is 6.13. The van der Waals surface area contributed by atoms with Crippen molar-refractivity contribution < 1.29 is 9.59 Å². The highest BCUT2D eigenvalue weighted by Gasteiger charge is 2.13. The lowest BCUT2D eigenvalue weighted by Gasteiger charge is -2.22. The van der Waals surface area contributed by atoms with Gasteiger partial charge in [-0.15, -0.1) is 0 Å². The molecule has 0 saturated heterocycles. The van der Waals surface area contributed by atoms with E-state index in [-0.39, 0.29) is 18.4 Å². The van der Waals surface area contributed by atoms with E-state index in [1.807, 2.05) is 62.3 Å². The number of carbonyl (C=O) groups excluding carboxylic acids is 2. The van der Waals surface area contributed by atoms with Crippen LogP contribution >= 0.6 is 0 Å². The van der Waals surface area contributed by atoms with Crippen LogP contribution in [0, 0.1) is 0 Å². The van der Waals surface area contributed by atoms with E-state index in [0.717, 1.165) is 17.9 Å². The molecular formula is C16H26N4O2. The molecule has 122 valence electrons. The highest BCUT2D eigenvalue weighted by atomic mass is 16.2. The van der Waals surface area contributed by atoms with Gasteiger partial charge in [-0.05, 0) is 38.4 Å². The van der Waals surface area contributed by atoms with Crippen molar-refractivity contribution in [3.8, 4) is 0 Å². The van der Waals surface area contributed by atoms with Gasteiger partial charge in [0, 0.05) is 45.5 Å². The molecule has 1 aromatic carbocycles. The zero-order valence-electron chi connectivity index (χ0n) is 14.1. The first-order chi connectivity index (χ1) is 10.3. The first-order valence-electron chi connectivity index (χ1n) is 7.27. The number of carbonyl (C=O) groups is 2. The summed E-state index contributed by atoms with van der Waals surface area (Å²) in [4.78, 5) is 29.2. The number of nitrogens with zero attached hydrogens (tertiary/aromatic N) is 3. The minimum Gasteiger partial charge on any atom is -0.378 e. The molecule has 0 unspecified atom stereocenters. The van der Waals surface area contributed by atoms with Crippen LogP contribution in [0.2, 0.25) is 0 Å². The van der Waals surface area contributed by atoms with Crippen LogP contribution in [-0.2, 0) is 9.59 Å². The van der Waals surface area contributed by atoms with Crippen LogP contribution in [0.3, 0.4) is 0 Å². The van der Waals surface area contributed by atoms with Crippen molar-refractivity contribution >= 4 is 23.2 Å². The fourth-order valence-electron chi connectivity index (χ4n) is 1.89. The second-order valence-electron chi connectivity index (χ2n) is 5.73. The fourth-order valence-corrected chi connectivity index (χ4v) is 1.89. The van der Waals surface area contributed by atoms with Crippen LogP contribution in [0.25, 0.3) is 0 Å². The third-order valence-corrected chi connectivity index (χ3v) is 3.26. The van der Waals surface area contributed by atoms with Gasteiger partial charge >= 0.3 is 0 Å². The van der Waals surface area contributed by atoms with Crippen molar-refractivity contribution in [2.24, 2.45) is 0 Å². The highest BCUT2D eigenvalue weighted by Crippen LogP contribution is 2.15. The molecule has 1 rings (SSSR count). The van der Waals surface area contributed by atoms with Crippen molar-refractivity contribution in [3.63, 3.8) is 0 Å². The number of rotatable bonds is 7. The van der Waals surface area contributed by atoms with Gasteiger partial charge in [0.2, 0.25) is 11.8 Å². The summed E-state index contributed by atoms with van der Waals surface area (Å²) in [6.07, 6.45) is 0. The second-order valence-corrected chi connectivity index (χ2v) is 5.73. The molecule has 0 aliphatic rings. The Hall–Kier alpha value is -2.08. The summed E-state index contributed by atoms with van der Waals surface area (Å²) in [5.74, 6) is -0.286. The molecule has 1 N–H and O–H groups in total. The van der Waals surface area contributed by atoms with Gasteiger partial charge in [-0.2, -0.15) is 0 Å². The number of likely N-dealkylation sites (N-methyl/N-ethyl adjacent to an activating group) is 1. The first kappa shape index (κ1) is 18.0. The topological polar surface area (TPSA) is 55.9 Å². The van der Waals surface area contributed by atoms with Gasteiger partial charge in [0.15, 0.2) is 0 Å². The van der Waals surface area contributed by atoms with Crippen LogP contribution in [-0.4, -0.2) is 69.4 Å². The number of anilines is 2. The van der Waals surface area contributed by atoms with Crippen LogP contribution in [0.15, 0.2) is 24.3 Å². The Kier molecular flexibility index (Phi) is 6.85. The average Bonchev–Trinajstić information content (AvgIpc) is 2.43. The number of amides is 2. The normalized spacial score (nSPS) is 10.5. The second kappa shape index (κ2) is 8.38. The molecule has 22 heavy (non-hydrogen) atoms. The maximum atomic E-state index is 12.1. The summed E-state index contributed by atoms with van der Waals surface area (Å²) in [6, 6.07) is 7.57. The third-order valence-electron chi connectivity index (χ3n) is 3.26. The van der Waals surface area contributed by atoms with Crippen LogP contribution in [0.4, 0.5) is 11.4 Å². The number of nitrogens with one attached hydrogen (secondary N) is 1. The summed E-state index contributed by atoms with van der Waals surface area (Å²) >= 11 is 0. The Morgan fingerprint density at radius 1 is 1.00 bits per heavy atom. The SMILES string of the molecule is CC(=O)N(CCN(C)C)CC(=O)Nc1ccc(N(C)C)cc1. The van der Waals surface area contributed by atoms with Gasteiger partial charge < -0.3 is 20.0 Å². The van der Waals surface area contributed by atoms with Crippen molar-refractivity contribution in [3.05, 3.63) is 24.3 Å². The zero-order chi connectivity index (χ0) is 16.7. The first-order valence-corrected chi connectivity index (χ1v) is 7.27. The van der Waals surface area contributed by atoms with Crippen molar-refractivity contribution in [1.82, 2.24) is 9.80 Å². The van der Waals surface area contributed by atoms with Gasteiger partial charge in [-0.3, -0.25) is 9.59 Å². The van der Waals surface area contributed by atoms with E-state index in [9.17, 15) is 9.59 Å². The molecule has 1 aromatic rings. The molecule has 0 fully saturated rings. The van der Waals surface area contributed by atoms with Gasteiger partial charge in [0.1, 0.15) is 0 Å². The van der Waals surface area contributed by atoms with Gasteiger partial charge in [-0.1, -0.05) is 0 Å². The molecular weight excluding hydrogens is 280 g/mol. The maximum absolute atomic E-state index is 12.1. The minimum atomic E-state index is -0.188. The summed E-state index contributed by atoms with van der Waals surface area (Å²) in [6.45, 7) is 2.81. The van der Waals surface area contributed by atoms with Crippen molar-refractivity contribution in [2.75, 3.05) is 58.0 Å². The van der Waals surface area contributed by atoms with Gasteiger partial charge in [0.25, 0.3) is 0 Å². The monoisotopic (exact) mass is 306 g/mol. The Morgan fingerprint density at radius 3 is 2.05 bits per heavy atom. The molecule has 0 heterocycles. The molecule has 0 atom stereocenters. The standard InChI is InChI=1S/C16H26N4O2/c1-13(21)20(11-10-18(2)3)12-16(22)17-14-6-8-15(9-7-14)19(4)5/h6-9H,10-12H2,1-5H3,(H,17,22). The summed E-state index contributed by atoms with van der Waals surface area (Å²) < 4.78 is 0. The van der Waals surface area contributed by atoms with E-state index < -0.39 is 0 Å². The largest absolute Gasteiger partial charge is 0.378 e. The molecule has 0 aliphatic heterocycles. The van der Waals surface area contributed by atoms with Crippen LogP contribution < -0.4 is 10.2 Å². The molecule has 0 bridgehead atoms. The predicted octanol–water partition coefficient (Wildman–Crippen LogP) is 1.10. The predicted molar refractivity (Wildman–Crippen MR) is 90.2 cm³/mol. The van der Waals surface area contributed by atoms with Crippen LogP contribution in [0.1, 0.15) is 6.92 Å². The van der Waals surface area contributed by atoms with Crippen LogP contribution in [0.5, 0.6) is 0 Å². The van der Waals surface area contributed by atoms with E-state index in [0.29, 0.717) is 6.54 Å². The average molecular weight is 306 g/mol. The van der Waals surface area contributed by atoms with E-state index in [1.165, 1.54) is 6.92 Å². The van der Waals surface area contributed by atoms with Gasteiger partial charge in [0.05, 0.1) is 6.54 Å². The van der Waals surface area contributed by atoms with E-state index in [4.69, 9.17) is 0 Å². The smallest absolute Gasteiger partial charge is 0.243 e. The van der Waals surface area contributed by atoms with Gasteiger partial charge in [-0.25, -0.2) is 0 Å². The Balaban J connectivity index is 2.57. The lowest BCUT2D eigenvalue weighted by molar-refractivity contribution is -0.132. The fraction of sp³-hybridized carbons (Fsp3) is 0.500. The summed E-state index contributed by atoms with van der Waals surface area (Å²) in [7, 11) is 7.79. The Labute approximate surface area is 132 Å². The lowest BCUT2D eigenvalue weighted by Crippen LogP contribution is -2.40. The number of hydrogen-bond acceptors (Lipinski definition) is 4. The lowest BCUT2D eigenvalue weighted by atomic mass is 10.2. The number of benzene rings is 1. The Morgan fingerprint density at radius 2 is 1.59 bits per heavy atom. The zero-order valence-corrected chi connectivity index (χ0v) is 14.1. The van der Waals surface area contributed by atoms with E-state index in [1.54, 1.807) is 4.90 Å². The summed E-state index contributed by atoms with van der Waals surface area (Å²) in [5.41, 5.74) is 1.79. The quantitative estimate of drug-likeness (QED) is 0.820. The molecule has 0 aromatic heterocycles. The molecule has 0 aliphatic carbocycles. The molecule has 0 spiro atoms. The molecule has 0 saturated carbocycles. The van der Waals surface area contributed by atoms with E-state index >= 15 is 0 Å². The molecule has 6 heteroatoms. The Bertz CT molecular complexity index is 497. The molecule has 6 nitrogen and oxygen atoms in total. The summed E-state index contributed by atoms with van der Waals surface area (Å²) in [5, 5.41) is 2.82. The molecule has 2 amide bonds. The maximum Gasteiger partial charge on any atom is 0.243 e. The highest BCUT2D eigenvalue weighted by molar-refractivity contribution is 5.94. The van der Waals surface area contributed by atoms with Crippen molar-refractivity contribution in [2.45, 2.75) is 6.92 Å². The molecule has 0 radical (unpaired) electrons. The minimum absolute atomic E-state index is 0.0681. The number of hydrogen-bond donors (Lipinski definition) is 1. The van der Waals surface area contributed by atoms with E-state index in [2.05, 4.69) is 5.32 Å².